The molecule has 0 bridgehead atoms. The summed E-state index contributed by atoms with van der Waals surface area (Å²) < 4.78 is 27.0. The van der Waals surface area contributed by atoms with Gasteiger partial charge in [0.05, 0.1) is 6.26 Å². The van der Waals surface area contributed by atoms with Crippen LogP contribution in [-0.4, -0.2) is 51.9 Å². The summed E-state index contributed by atoms with van der Waals surface area (Å²) in [5.41, 5.74) is 0.841. The van der Waals surface area contributed by atoms with E-state index < -0.39 is 10.0 Å². The van der Waals surface area contributed by atoms with Gasteiger partial charge in [0, 0.05) is 29.1 Å². The zero-order valence-corrected chi connectivity index (χ0v) is 18.1. The van der Waals surface area contributed by atoms with E-state index in [4.69, 9.17) is 23.2 Å². The molecule has 0 N–H and O–H groups in total. The van der Waals surface area contributed by atoms with Gasteiger partial charge in [0.15, 0.2) is 5.82 Å². The molecule has 0 radical (unpaired) electrons. The zero-order chi connectivity index (χ0) is 19.9. The second kappa shape index (κ2) is 7.72. The Morgan fingerprint density at radius 1 is 1.25 bits per heavy atom. The second-order valence-corrected chi connectivity index (χ2v) is 10.5. The summed E-state index contributed by atoms with van der Waals surface area (Å²) in [6, 6.07) is 5.31. The molecule has 0 amide bonds. The van der Waals surface area contributed by atoms with E-state index in [2.05, 4.69) is 15.3 Å². The first kappa shape index (κ1) is 19.8. The van der Waals surface area contributed by atoms with Crippen LogP contribution in [-0.2, 0) is 10.0 Å². The highest BCUT2D eigenvalue weighted by atomic mass is 35.5. The van der Waals surface area contributed by atoms with E-state index in [1.807, 2.05) is 18.2 Å². The average molecular weight is 458 g/mol. The number of hydrogen-bond acceptors (Lipinski definition) is 6. The minimum absolute atomic E-state index is 0.0249. The molecule has 0 aliphatic carbocycles. The van der Waals surface area contributed by atoms with Gasteiger partial charge in [-0.2, -0.15) is 9.61 Å². The van der Waals surface area contributed by atoms with E-state index in [-0.39, 0.29) is 5.92 Å². The second-order valence-electron chi connectivity index (χ2n) is 6.65. The Morgan fingerprint density at radius 3 is 2.82 bits per heavy atom. The lowest BCUT2D eigenvalue weighted by Gasteiger charge is -2.29. The van der Waals surface area contributed by atoms with Crippen molar-refractivity contribution in [3.63, 3.8) is 0 Å². The van der Waals surface area contributed by atoms with Gasteiger partial charge >= 0.3 is 0 Å². The van der Waals surface area contributed by atoms with Gasteiger partial charge in [0.25, 0.3) is 0 Å². The molecule has 11 heteroatoms. The number of halogens is 2. The van der Waals surface area contributed by atoms with E-state index >= 15 is 0 Å². The molecule has 1 saturated heterocycles. The van der Waals surface area contributed by atoms with Crippen LogP contribution in [0.1, 0.15) is 35.2 Å². The van der Waals surface area contributed by atoms with Gasteiger partial charge in [-0.25, -0.2) is 12.7 Å². The van der Waals surface area contributed by atoms with Gasteiger partial charge in [0.1, 0.15) is 5.01 Å². The summed E-state index contributed by atoms with van der Waals surface area (Å²) in [6.45, 7) is 0.951. The molecule has 1 aliphatic rings. The minimum atomic E-state index is -3.22. The molecule has 7 nitrogen and oxygen atoms in total. The maximum atomic E-state index is 11.9. The average Bonchev–Trinajstić information content (AvgIpc) is 3.20. The van der Waals surface area contributed by atoms with Gasteiger partial charge in [-0.3, -0.25) is 0 Å². The molecule has 1 aromatic carbocycles. The highest BCUT2D eigenvalue weighted by Crippen LogP contribution is 2.29. The smallest absolute Gasteiger partial charge is 0.213 e. The maximum Gasteiger partial charge on any atom is 0.234 e. The van der Waals surface area contributed by atoms with E-state index in [1.165, 1.54) is 21.9 Å². The third-order valence-electron chi connectivity index (χ3n) is 4.62. The highest BCUT2D eigenvalue weighted by Gasteiger charge is 2.30. The first-order chi connectivity index (χ1) is 13.3. The Kier molecular flexibility index (Phi) is 5.45. The fourth-order valence-electron chi connectivity index (χ4n) is 3.22. The molecule has 3 heterocycles. The van der Waals surface area contributed by atoms with E-state index in [1.54, 1.807) is 16.6 Å². The number of fused-ring (bicyclic) bond motifs is 1. The number of rotatable bonds is 4. The van der Waals surface area contributed by atoms with Crippen LogP contribution in [0.4, 0.5) is 0 Å². The maximum absolute atomic E-state index is 11.9. The Hall–Kier alpha value is -1.52. The number of benzene rings is 1. The predicted molar refractivity (Wildman–Crippen MR) is 112 cm³/mol. The summed E-state index contributed by atoms with van der Waals surface area (Å²) >= 11 is 13.5. The van der Waals surface area contributed by atoms with Crippen molar-refractivity contribution in [2.45, 2.75) is 18.8 Å². The Bertz CT molecular complexity index is 1160. The molecule has 28 heavy (non-hydrogen) atoms. The topological polar surface area (TPSA) is 80.5 Å². The number of nitrogens with zero attached hydrogens (tertiary/aromatic N) is 5. The van der Waals surface area contributed by atoms with Crippen molar-refractivity contribution in [1.82, 2.24) is 24.1 Å². The lowest BCUT2D eigenvalue weighted by molar-refractivity contribution is 0.309. The van der Waals surface area contributed by atoms with Crippen LogP contribution >= 0.6 is 34.5 Å². The summed E-state index contributed by atoms with van der Waals surface area (Å²) in [6.07, 6.45) is 6.62. The van der Waals surface area contributed by atoms with E-state index in [9.17, 15) is 8.42 Å². The quantitative estimate of drug-likeness (QED) is 0.594. The van der Waals surface area contributed by atoms with Crippen LogP contribution in [0, 0.1) is 0 Å². The van der Waals surface area contributed by atoms with Crippen molar-refractivity contribution < 1.29 is 8.42 Å². The fourth-order valence-corrected chi connectivity index (χ4v) is 5.35. The van der Waals surface area contributed by atoms with Crippen LogP contribution in [0.25, 0.3) is 17.1 Å². The normalized spacial score (nSPS) is 19.0. The SMILES string of the molecule is CS(=O)(=O)N1CCCC(c2nnc3sc(C=Cc4ccc(Cl)cc4Cl)nn23)C1. The molecule has 0 spiro atoms. The molecule has 1 atom stereocenters. The summed E-state index contributed by atoms with van der Waals surface area (Å²) in [7, 11) is -3.22. The first-order valence-corrected chi connectivity index (χ1v) is 12.0. The van der Waals surface area contributed by atoms with Crippen LogP contribution in [0.15, 0.2) is 18.2 Å². The zero-order valence-electron chi connectivity index (χ0n) is 14.9. The number of aromatic nitrogens is 4. The van der Waals surface area contributed by atoms with Crippen LogP contribution in [0.3, 0.4) is 0 Å². The predicted octanol–water partition coefficient (Wildman–Crippen LogP) is 3.80. The molecule has 2 aromatic heterocycles. The third kappa shape index (κ3) is 4.08. The largest absolute Gasteiger partial charge is 0.234 e. The van der Waals surface area contributed by atoms with Gasteiger partial charge in [0.2, 0.25) is 15.0 Å². The van der Waals surface area contributed by atoms with Crippen molar-refractivity contribution in [2.75, 3.05) is 19.3 Å². The van der Waals surface area contributed by atoms with Crippen molar-refractivity contribution in [2.24, 2.45) is 0 Å². The highest BCUT2D eigenvalue weighted by molar-refractivity contribution is 7.88. The van der Waals surface area contributed by atoms with Gasteiger partial charge in [-0.05, 0) is 36.6 Å². The minimum Gasteiger partial charge on any atom is -0.213 e. The molecule has 4 rings (SSSR count). The van der Waals surface area contributed by atoms with E-state index in [0.29, 0.717) is 33.9 Å². The van der Waals surface area contributed by atoms with E-state index in [0.717, 1.165) is 23.4 Å². The van der Waals surface area contributed by atoms with Crippen molar-refractivity contribution in [1.29, 1.82) is 0 Å². The summed E-state index contributed by atoms with van der Waals surface area (Å²) in [4.78, 5) is 0.674. The Balaban J connectivity index is 1.59. The third-order valence-corrected chi connectivity index (χ3v) is 7.31. The Morgan fingerprint density at radius 2 is 2.07 bits per heavy atom. The first-order valence-electron chi connectivity index (χ1n) is 8.61. The van der Waals surface area contributed by atoms with Crippen molar-refractivity contribution in [3.05, 3.63) is 44.6 Å². The van der Waals surface area contributed by atoms with Gasteiger partial charge in [-0.15, -0.1) is 10.2 Å². The van der Waals surface area contributed by atoms with Crippen LogP contribution < -0.4 is 0 Å². The van der Waals surface area contributed by atoms with Gasteiger partial charge in [-0.1, -0.05) is 46.7 Å². The fraction of sp³-hybridized carbons (Fsp3) is 0.353. The monoisotopic (exact) mass is 457 g/mol. The molecule has 1 aliphatic heterocycles. The molecule has 1 unspecified atom stereocenters. The lowest BCUT2D eigenvalue weighted by atomic mass is 9.99. The summed E-state index contributed by atoms with van der Waals surface area (Å²) in [5, 5.41) is 15.0. The molecule has 1 fully saturated rings. The number of hydrogen-bond donors (Lipinski definition) is 0. The van der Waals surface area contributed by atoms with Crippen LogP contribution in [0.2, 0.25) is 10.0 Å². The molecular formula is C17H17Cl2N5O2S2. The van der Waals surface area contributed by atoms with Gasteiger partial charge < -0.3 is 0 Å². The molecule has 0 saturated carbocycles. The van der Waals surface area contributed by atoms with Crippen molar-refractivity contribution >= 4 is 61.7 Å². The Labute approximate surface area is 176 Å². The number of sulfonamides is 1. The van der Waals surface area contributed by atoms with Crippen molar-refractivity contribution in [3.8, 4) is 0 Å². The molecule has 148 valence electrons. The molecular weight excluding hydrogens is 441 g/mol. The lowest BCUT2D eigenvalue weighted by Crippen LogP contribution is -2.38. The standard InChI is InChI=1S/C17H17Cl2N5O2S2/c1-28(25,26)23-8-2-3-12(10-23)16-20-21-17-24(16)22-15(27-17)7-5-11-4-6-13(18)9-14(11)19/h4-7,9,12H,2-3,8,10H2,1H3. The van der Waals surface area contributed by atoms with Crippen LogP contribution in [0.5, 0.6) is 0 Å². The number of piperidine rings is 1. The molecule has 3 aromatic rings. The summed E-state index contributed by atoms with van der Waals surface area (Å²) in [5.74, 6) is 0.673.